The van der Waals surface area contributed by atoms with Gasteiger partial charge < -0.3 is 15.5 Å². The maximum atomic E-state index is 12.1. The highest BCUT2D eigenvalue weighted by molar-refractivity contribution is 5.75. The molecule has 21 heavy (non-hydrogen) atoms. The summed E-state index contributed by atoms with van der Waals surface area (Å²) in [5.74, 6) is -0.0439. The first kappa shape index (κ1) is 15.4. The van der Waals surface area contributed by atoms with Crippen LogP contribution in [0.5, 0.6) is 0 Å². The molecule has 0 spiro atoms. The molecule has 1 atom stereocenters. The zero-order valence-electron chi connectivity index (χ0n) is 12.9. The van der Waals surface area contributed by atoms with Crippen LogP contribution in [0.3, 0.4) is 0 Å². The van der Waals surface area contributed by atoms with Gasteiger partial charge in [-0.3, -0.25) is 4.79 Å². The molecule has 0 aliphatic carbocycles. The number of nitrogens with one attached hydrogen (secondary N) is 2. The second kappa shape index (κ2) is 6.61. The van der Waals surface area contributed by atoms with Crippen LogP contribution in [-0.2, 0) is 11.3 Å². The van der Waals surface area contributed by atoms with E-state index in [0.29, 0.717) is 19.6 Å². The fraction of sp³-hybridized carbons (Fsp3) is 0.500. The van der Waals surface area contributed by atoms with E-state index in [0.717, 1.165) is 12.0 Å². The molecule has 0 saturated carbocycles. The van der Waals surface area contributed by atoms with Gasteiger partial charge in [-0.1, -0.05) is 23.8 Å². The maximum Gasteiger partial charge on any atom is 0.317 e. The predicted molar refractivity (Wildman–Crippen MR) is 81.9 cm³/mol. The zero-order valence-corrected chi connectivity index (χ0v) is 12.9. The lowest BCUT2D eigenvalue weighted by Gasteiger charge is -2.18. The zero-order chi connectivity index (χ0) is 15.4. The fourth-order valence-corrected chi connectivity index (χ4v) is 2.68. The summed E-state index contributed by atoms with van der Waals surface area (Å²) >= 11 is 0. The summed E-state index contributed by atoms with van der Waals surface area (Å²) in [4.78, 5) is 24.9. The molecule has 2 rings (SSSR count). The summed E-state index contributed by atoms with van der Waals surface area (Å²) < 4.78 is 0. The molecule has 1 fully saturated rings. The van der Waals surface area contributed by atoms with Crippen LogP contribution in [0.2, 0.25) is 0 Å². The summed E-state index contributed by atoms with van der Waals surface area (Å²) in [5, 5.41) is 5.80. The van der Waals surface area contributed by atoms with Crippen molar-refractivity contribution in [3.05, 3.63) is 34.9 Å². The largest absolute Gasteiger partial charge is 0.352 e. The number of hydrogen-bond acceptors (Lipinski definition) is 2. The Labute approximate surface area is 125 Å². The highest BCUT2D eigenvalue weighted by Gasteiger charge is 2.26. The molecule has 1 aliphatic heterocycles. The third-order valence-electron chi connectivity index (χ3n) is 3.81. The number of benzene rings is 1. The summed E-state index contributed by atoms with van der Waals surface area (Å²) in [7, 11) is 0. The van der Waals surface area contributed by atoms with Gasteiger partial charge in [-0.15, -0.1) is 0 Å². The monoisotopic (exact) mass is 289 g/mol. The number of nitrogens with zero attached hydrogens (tertiary/aromatic N) is 1. The van der Waals surface area contributed by atoms with Crippen LogP contribution in [-0.4, -0.2) is 36.0 Å². The van der Waals surface area contributed by atoms with Crippen LogP contribution in [0.4, 0.5) is 4.79 Å². The summed E-state index contributed by atoms with van der Waals surface area (Å²) in [6.45, 7) is 7.41. The van der Waals surface area contributed by atoms with Gasteiger partial charge in [0.05, 0.1) is 0 Å². The van der Waals surface area contributed by atoms with Gasteiger partial charge in [-0.05, 0) is 31.4 Å². The fourth-order valence-electron chi connectivity index (χ4n) is 2.68. The Hall–Kier alpha value is -2.04. The quantitative estimate of drug-likeness (QED) is 0.890. The first-order valence-electron chi connectivity index (χ1n) is 7.31. The van der Waals surface area contributed by atoms with E-state index in [4.69, 9.17) is 0 Å². The number of amides is 3. The lowest BCUT2D eigenvalue weighted by atomic mass is 10.1. The molecule has 0 radical (unpaired) electrons. The van der Waals surface area contributed by atoms with Crippen molar-refractivity contribution in [1.29, 1.82) is 0 Å². The number of carbonyl (C=O) groups excluding carboxylic acids is 2. The minimum Gasteiger partial charge on any atom is -0.352 e. The van der Waals surface area contributed by atoms with E-state index in [9.17, 15) is 9.59 Å². The van der Waals surface area contributed by atoms with E-state index in [1.165, 1.54) is 18.1 Å². The molecule has 1 aromatic carbocycles. The van der Waals surface area contributed by atoms with Crippen LogP contribution < -0.4 is 10.6 Å². The maximum absolute atomic E-state index is 12.1. The van der Waals surface area contributed by atoms with Crippen LogP contribution in [0.1, 0.15) is 30.0 Å². The van der Waals surface area contributed by atoms with Crippen molar-refractivity contribution in [2.24, 2.45) is 0 Å². The Balaban J connectivity index is 1.84. The van der Waals surface area contributed by atoms with Crippen LogP contribution in [0.25, 0.3) is 0 Å². The van der Waals surface area contributed by atoms with E-state index in [2.05, 4.69) is 42.7 Å². The number of likely N-dealkylation sites (tertiary alicyclic amines) is 1. The van der Waals surface area contributed by atoms with Gasteiger partial charge in [0.2, 0.25) is 5.91 Å². The van der Waals surface area contributed by atoms with E-state index in [1.54, 1.807) is 4.90 Å². The smallest absolute Gasteiger partial charge is 0.317 e. The molecule has 1 saturated heterocycles. The van der Waals surface area contributed by atoms with Crippen LogP contribution in [0, 0.1) is 13.8 Å². The number of urea groups is 1. The molecule has 1 heterocycles. The third kappa shape index (κ3) is 4.21. The van der Waals surface area contributed by atoms with Crippen molar-refractivity contribution in [1.82, 2.24) is 15.5 Å². The van der Waals surface area contributed by atoms with Gasteiger partial charge in [0.25, 0.3) is 0 Å². The molecule has 1 aromatic rings. The highest BCUT2D eigenvalue weighted by Crippen LogP contribution is 2.12. The molecular formula is C16H23N3O2. The Morgan fingerprint density at radius 1 is 1.33 bits per heavy atom. The van der Waals surface area contributed by atoms with Gasteiger partial charge >= 0.3 is 6.03 Å². The van der Waals surface area contributed by atoms with Gasteiger partial charge in [-0.25, -0.2) is 4.79 Å². The molecular weight excluding hydrogens is 266 g/mol. The van der Waals surface area contributed by atoms with Crippen LogP contribution in [0.15, 0.2) is 18.2 Å². The predicted octanol–water partition coefficient (Wildman–Crippen LogP) is 1.72. The molecule has 1 unspecified atom stereocenters. The van der Waals surface area contributed by atoms with Gasteiger partial charge in [0.1, 0.15) is 0 Å². The Bertz CT molecular complexity index is 542. The highest BCUT2D eigenvalue weighted by atomic mass is 16.2. The molecule has 3 amide bonds. The van der Waals surface area contributed by atoms with Crippen molar-refractivity contribution >= 4 is 11.9 Å². The van der Waals surface area contributed by atoms with Gasteiger partial charge in [0, 0.05) is 32.6 Å². The molecule has 2 N–H and O–H groups in total. The lowest BCUT2D eigenvalue weighted by molar-refractivity contribution is -0.119. The van der Waals surface area contributed by atoms with Crippen molar-refractivity contribution in [2.45, 2.75) is 39.8 Å². The van der Waals surface area contributed by atoms with Crippen molar-refractivity contribution in [3.63, 3.8) is 0 Å². The van der Waals surface area contributed by atoms with Gasteiger partial charge in [0.15, 0.2) is 0 Å². The molecule has 114 valence electrons. The Morgan fingerprint density at radius 3 is 2.76 bits per heavy atom. The van der Waals surface area contributed by atoms with E-state index >= 15 is 0 Å². The summed E-state index contributed by atoms with van der Waals surface area (Å²) in [6, 6.07) is 6.23. The van der Waals surface area contributed by atoms with Gasteiger partial charge in [-0.2, -0.15) is 0 Å². The molecule has 1 aliphatic rings. The van der Waals surface area contributed by atoms with E-state index < -0.39 is 0 Å². The number of rotatable bonds is 3. The van der Waals surface area contributed by atoms with Crippen molar-refractivity contribution in [2.75, 3.05) is 13.1 Å². The topological polar surface area (TPSA) is 61.4 Å². The molecule has 0 bridgehead atoms. The first-order valence-corrected chi connectivity index (χ1v) is 7.31. The normalized spacial score (nSPS) is 17.7. The van der Waals surface area contributed by atoms with E-state index in [-0.39, 0.29) is 18.0 Å². The molecule has 0 aromatic heterocycles. The molecule has 5 nitrogen and oxygen atoms in total. The second-order valence-corrected chi connectivity index (χ2v) is 5.72. The summed E-state index contributed by atoms with van der Waals surface area (Å²) in [6.07, 6.45) is 0.816. The average Bonchev–Trinajstić information content (AvgIpc) is 2.85. The average molecular weight is 289 g/mol. The minimum absolute atomic E-state index is 0.0439. The standard InChI is InChI=1S/C16H23N3O2/c1-11-4-5-14(12(2)8-11)9-17-16(21)19-7-6-15(10-19)18-13(3)20/h4-5,8,15H,6-7,9-10H2,1-3H3,(H,17,21)(H,18,20). The number of carbonyl (C=O) groups is 2. The Kier molecular flexibility index (Phi) is 4.83. The Morgan fingerprint density at radius 2 is 2.10 bits per heavy atom. The molecule has 5 heteroatoms. The van der Waals surface area contributed by atoms with Crippen molar-refractivity contribution < 1.29 is 9.59 Å². The van der Waals surface area contributed by atoms with E-state index in [1.807, 2.05) is 0 Å². The number of hydrogen-bond donors (Lipinski definition) is 2. The van der Waals surface area contributed by atoms with Crippen molar-refractivity contribution in [3.8, 4) is 0 Å². The second-order valence-electron chi connectivity index (χ2n) is 5.72. The summed E-state index contributed by atoms with van der Waals surface area (Å²) in [5.41, 5.74) is 3.54. The minimum atomic E-state index is -0.0668. The number of aryl methyl sites for hydroxylation is 2. The SMILES string of the molecule is CC(=O)NC1CCN(C(=O)NCc2ccc(C)cc2C)C1. The first-order chi connectivity index (χ1) is 9.95. The lowest BCUT2D eigenvalue weighted by Crippen LogP contribution is -2.41. The van der Waals surface area contributed by atoms with Crippen LogP contribution >= 0.6 is 0 Å². The third-order valence-corrected chi connectivity index (χ3v) is 3.81.